The number of rotatable bonds is 3. The molecule has 0 aliphatic carbocycles. The van der Waals surface area contributed by atoms with E-state index < -0.39 is 0 Å². The molecule has 3 rings (SSSR count). The van der Waals surface area contributed by atoms with Gasteiger partial charge in [0.2, 0.25) is 5.89 Å². The number of nitrogens with two attached hydrogens (primary N) is 1. The molecule has 0 aliphatic heterocycles. The lowest BCUT2D eigenvalue weighted by Gasteiger charge is -2.17. The minimum absolute atomic E-state index is 0.233. The molecule has 5 nitrogen and oxygen atoms in total. The quantitative estimate of drug-likeness (QED) is 0.715. The summed E-state index contributed by atoms with van der Waals surface area (Å²) in [4.78, 5) is 6.35. The lowest BCUT2D eigenvalue weighted by atomic mass is 10.3. The number of anilines is 2. The Balaban J connectivity index is 1.87. The van der Waals surface area contributed by atoms with Crippen molar-refractivity contribution in [2.45, 2.75) is 6.54 Å². The average molecular weight is 269 g/mol. The summed E-state index contributed by atoms with van der Waals surface area (Å²) in [6, 6.07) is 12.5. The summed E-state index contributed by atoms with van der Waals surface area (Å²) in [6.07, 6.45) is 0. The van der Waals surface area contributed by atoms with Gasteiger partial charge in [-0.15, -0.1) is 0 Å². The third-order valence-corrected chi connectivity index (χ3v) is 3.14. The highest BCUT2D eigenvalue weighted by atomic mass is 16.3. The van der Waals surface area contributed by atoms with Crippen LogP contribution in [0, 0.1) is 0 Å². The number of hydrogen-bond donors (Lipinski definition) is 2. The van der Waals surface area contributed by atoms with E-state index in [9.17, 15) is 5.11 Å². The summed E-state index contributed by atoms with van der Waals surface area (Å²) in [7, 11) is 1.91. The predicted molar refractivity (Wildman–Crippen MR) is 78.6 cm³/mol. The van der Waals surface area contributed by atoms with Gasteiger partial charge in [-0.2, -0.15) is 0 Å². The molecular weight excluding hydrogens is 254 g/mol. The summed E-state index contributed by atoms with van der Waals surface area (Å²) in [5.41, 5.74) is 8.73. The van der Waals surface area contributed by atoms with E-state index in [0.29, 0.717) is 29.2 Å². The van der Waals surface area contributed by atoms with E-state index in [1.807, 2.05) is 30.1 Å². The van der Waals surface area contributed by atoms with E-state index >= 15 is 0 Å². The molecule has 1 heterocycles. The second-order valence-corrected chi connectivity index (χ2v) is 4.68. The Labute approximate surface area is 116 Å². The molecule has 0 amide bonds. The second-order valence-electron chi connectivity index (χ2n) is 4.68. The van der Waals surface area contributed by atoms with E-state index in [1.165, 1.54) is 0 Å². The van der Waals surface area contributed by atoms with Crippen LogP contribution in [-0.4, -0.2) is 17.1 Å². The van der Waals surface area contributed by atoms with Gasteiger partial charge in [0.25, 0.3) is 0 Å². The van der Waals surface area contributed by atoms with Gasteiger partial charge in [-0.25, -0.2) is 4.98 Å². The van der Waals surface area contributed by atoms with Crippen molar-refractivity contribution in [2.24, 2.45) is 0 Å². The van der Waals surface area contributed by atoms with Gasteiger partial charge in [0.1, 0.15) is 11.3 Å². The highest BCUT2D eigenvalue weighted by molar-refractivity contribution is 5.85. The van der Waals surface area contributed by atoms with Crippen LogP contribution < -0.4 is 10.6 Å². The van der Waals surface area contributed by atoms with Crippen molar-refractivity contribution in [1.29, 1.82) is 0 Å². The van der Waals surface area contributed by atoms with Gasteiger partial charge in [-0.1, -0.05) is 12.1 Å². The summed E-state index contributed by atoms with van der Waals surface area (Å²) in [5.74, 6) is 0.819. The zero-order valence-electron chi connectivity index (χ0n) is 11.1. The first kappa shape index (κ1) is 12.3. The highest BCUT2D eigenvalue weighted by Gasteiger charge is 2.11. The van der Waals surface area contributed by atoms with Crippen LogP contribution in [0.2, 0.25) is 0 Å². The second kappa shape index (κ2) is 4.77. The van der Waals surface area contributed by atoms with E-state index in [4.69, 9.17) is 10.2 Å². The van der Waals surface area contributed by atoms with E-state index in [2.05, 4.69) is 4.98 Å². The van der Waals surface area contributed by atoms with E-state index in [0.717, 1.165) is 5.69 Å². The molecule has 0 atom stereocenters. The van der Waals surface area contributed by atoms with Gasteiger partial charge in [-0.3, -0.25) is 0 Å². The minimum Gasteiger partial charge on any atom is -0.508 e. The maximum absolute atomic E-state index is 9.50. The van der Waals surface area contributed by atoms with E-state index in [-0.39, 0.29) is 5.75 Å². The number of phenolic OH excluding ortho intramolecular Hbond substituents is 1. The van der Waals surface area contributed by atoms with Crippen molar-refractivity contribution >= 4 is 22.5 Å². The van der Waals surface area contributed by atoms with Crippen molar-refractivity contribution in [3.8, 4) is 5.75 Å². The van der Waals surface area contributed by atoms with Gasteiger partial charge in [0, 0.05) is 18.8 Å². The molecule has 0 bridgehead atoms. The van der Waals surface area contributed by atoms with Crippen LogP contribution in [0.15, 0.2) is 46.9 Å². The molecule has 1 aromatic heterocycles. The molecule has 0 aliphatic rings. The summed E-state index contributed by atoms with van der Waals surface area (Å²) < 4.78 is 5.68. The summed E-state index contributed by atoms with van der Waals surface area (Å²) in [5, 5.41) is 9.50. The Morgan fingerprint density at radius 2 is 2.05 bits per heavy atom. The Morgan fingerprint density at radius 1 is 1.25 bits per heavy atom. The molecule has 3 N–H and O–H groups in total. The number of oxazole rings is 1. The van der Waals surface area contributed by atoms with Crippen LogP contribution in [0.1, 0.15) is 5.89 Å². The van der Waals surface area contributed by atoms with Crippen LogP contribution in [0.5, 0.6) is 5.75 Å². The van der Waals surface area contributed by atoms with Crippen LogP contribution in [-0.2, 0) is 6.54 Å². The fourth-order valence-corrected chi connectivity index (χ4v) is 2.11. The number of phenols is 1. The maximum atomic E-state index is 9.50. The van der Waals surface area contributed by atoms with Gasteiger partial charge in [-0.05, 0) is 24.3 Å². The van der Waals surface area contributed by atoms with Crippen LogP contribution in [0.3, 0.4) is 0 Å². The molecule has 0 saturated carbocycles. The van der Waals surface area contributed by atoms with Gasteiger partial charge >= 0.3 is 0 Å². The standard InChI is InChI=1S/C15H15N3O2/c1-18(10-4-2-5-11(19)8-10)9-14-17-15-12(16)6-3-7-13(15)20-14/h2-8,19H,9,16H2,1H3. The zero-order chi connectivity index (χ0) is 14.1. The Kier molecular flexibility index (Phi) is 2.95. The molecule has 0 saturated heterocycles. The molecule has 0 spiro atoms. The molecule has 20 heavy (non-hydrogen) atoms. The van der Waals surface area contributed by atoms with Crippen LogP contribution in [0.4, 0.5) is 11.4 Å². The van der Waals surface area contributed by atoms with Crippen LogP contribution >= 0.6 is 0 Å². The first-order valence-electron chi connectivity index (χ1n) is 6.27. The fraction of sp³-hybridized carbons (Fsp3) is 0.133. The largest absolute Gasteiger partial charge is 0.508 e. The molecule has 0 radical (unpaired) electrons. The molecule has 102 valence electrons. The predicted octanol–water partition coefficient (Wildman–Crippen LogP) is 2.75. The minimum atomic E-state index is 0.233. The first-order chi connectivity index (χ1) is 9.63. The van der Waals surface area contributed by atoms with Gasteiger partial charge in [0.05, 0.1) is 12.2 Å². The molecule has 2 aromatic carbocycles. The number of fused-ring (bicyclic) bond motifs is 1. The van der Waals surface area contributed by atoms with Crippen LogP contribution in [0.25, 0.3) is 11.1 Å². The molecule has 3 aromatic rings. The maximum Gasteiger partial charge on any atom is 0.215 e. The highest BCUT2D eigenvalue weighted by Crippen LogP contribution is 2.24. The van der Waals surface area contributed by atoms with Gasteiger partial charge < -0.3 is 20.2 Å². The normalized spacial score (nSPS) is 10.8. The Morgan fingerprint density at radius 3 is 2.80 bits per heavy atom. The lowest BCUT2D eigenvalue weighted by Crippen LogP contribution is -2.16. The third kappa shape index (κ3) is 2.25. The number of hydrogen-bond acceptors (Lipinski definition) is 5. The Hall–Kier alpha value is -2.69. The zero-order valence-corrected chi connectivity index (χ0v) is 11.1. The summed E-state index contributed by atoms with van der Waals surface area (Å²) >= 11 is 0. The monoisotopic (exact) mass is 269 g/mol. The number of para-hydroxylation sites is 1. The topological polar surface area (TPSA) is 75.5 Å². The number of aromatic hydroxyl groups is 1. The summed E-state index contributed by atoms with van der Waals surface area (Å²) in [6.45, 7) is 0.498. The molecule has 0 fully saturated rings. The number of nitrogens with zero attached hydrogens (tertiary/aromatic N) is 2. The van der Waals surface area contributed by atoms with Crippen molar-refractivity contribution in [3.05, 3.63) is 48.4 Å². The van der Waals surface area contributed by atoms with Gasteiger partial charge in [0.15, 0.2) is 5.58 Å². The lowest BCUT2D eigenvalue weighted by molar-refractivity contribution is 0.475. The average Bonchev–Trinajstić information content (AvgIpc) is 2.83. The first-order valence-corrected chi connectivity index (χ1v) is 6.27. The smallest absolute Gasteiger partial charge is 0.215 e. The Bertz CT molecular complexity index is 752. The van der Waals surface area contributed by atoms with Crippen molar-refractivity contribution in [2.75, 3.05) is 17.7 Å². The van der Waals surface area contributed by atoms with Crippen molar-refractivity contribution < 1.29 is 9.52 Å². The molecule has 5 heteroatoms. The van der Waals surface area contributed by atoms with Crippen molar-refractivity contribution in [1.82, 2.24) is 4.98 Å². The number of nitrogen functional groups attached to an aromatic ring is 1. The third-order valence-electron chi connectivity index (χ3n) is 3.14. The van der Waals surface area contributed by atoms with E-state index in [1.54, 1.807) is 24.3 Å². The van der Waals surface area contributed by atoms with Crippen molar-refractivity contribution in [3.63, 3.8) is 0 Å². The molecular formula is C15H15N3O2. The SMILES string of the molecule is CN(Cc1nc2c(N)cccc2o1)c1cccc(O)c1. The number of benzene rings is 2. The number of aromatic nitrogens is 1. The molecule has 0 unspecified atom stereocenters. The fourth-order valence-electron chi connectivity index (χ4n) is 2.11.